The van der Waals surface area contributed by atoms with Gasteiger partial charge in [-0.3, -0.25) is 19.2 Å². The summed E-state index contributed by atoms with van der Waals surface area (Å²) < 4.78 is 53.5. The number of ketones is 1. The predicted molar refractivity (Wildman–Crippen MR) is 253 cm³/mol. The zero-order valence-electron chi connectivity index (χ0n) is 41.8. The molecule has 390 valence electrons. The Morgan fingerprint density at radius 1 is 0.822 bits per heavy atom. The minimum Gasteiger partial charge on any atom is -0.455 e. The van der Waals surface area contributed by atoms with Crippen LogP contribution in [0, 0.1) is 16.7 Å². The van der Waals surface area contributed by atoms with Crippen LogP contribution in [0.2, 0.25) is 0 Å². The zero-order chi connectivity index (χ0) is 52.8. The molecule has 2 aliphatic heterocycles. The lowest BCUT2D eigenvalue weighted by atomic mass is 9.44. The fourth-order valence-electron chi connectivity index (χ4n) is 11.4. The van der Waals surface area contributed by atoms with Crippen molar-refractivity contribution in [3.63, 3.8) is 0 Å². The second-order valence-electron chi connectivity index (χ2n) is 20.5. The average molecular weight is 1010 g/mol. The lowest BCUT2D eigenvalue weighted by Gasteiger charge is -2.67. The highest BCUT2D eigenvalue weighted by Gasteiger charge is 2.78. The standard InChI is InChI=1S/C54H61NO18/c1-29-36(69-48(62)42(70-49(63)65-26-35-27-67-51(6,7)73-35)40(32-18-12-9-13-19-32)55-46(60)33-20-14-10-15-21-33)25-54(64)45(71-47(61)34-22-16-11-17-23-34)43-52(8,37(58)24-38-53(43,28-66-38)72-31(3)57)44(59)41(68-30(2)56)39(29)50(54,4)5/h9-23,35-38,40-43,45,58,64H,24-28H2,1-8H3,(H,55,60)/t35-,36+,37+,38-,40+,41-,42-,43+,45+,52-,53+,54-/m1/s1. The fraction of sp³-hybridized carbons (Fsp3) is 0.500. The van der Waals surface area contributed by atoms with Crippen LogP contribution in [0.5, 0.6) is 0 Å². The molecule has 19 nitrogen and oxygen atoms in total. The van der Waals surface area contributed by atoms with Crippen molar-refractivity contribution in [2.24, 2.45) is 16.7 Å². The van der Waals surface area contributed by atoms with Gasteiger partial charge in [-0.2, -0.15) is 0 Å². The first kappa shape index (κ1) is 52.8. The number of ether oxygens (including phenoxy) is 9. The van der Waals surface area contributed by atoms with Gasteiger partial charge < -0.3 is 58.2 Å². The maximum atomic E-state index is 15.7. The largest absolute Gasteiger partial charge is 0.509 e. The van der Waals surface area contributed by atoms with Gasteiger partial charge in [0.15, 0.2) is 23.3 Å². The number of hydrogen-bond donors (Lipinski definition) is 3. The SMILES string of the molecule is CC(=O)O[C@H]1C(=O)[C@@]2(C)[C@H]([C@H](OC(=O)c3ccccc3)[C@]3(O)C[C@H](OC(=O)[C@H](OC(=O)OC[C@@H]4COC(C)(C)O4)[C@@H](NC(=O)c4ccccc4)c4ccccc4)C(C)=C1C3(C)C)[C@]1(OC(C)=O)CO[C@@H]1C[C@@H]2O. The van der Waals surface area contributed by atoms with Gasteiger partial charge in [-0.1, -0.05) is 80.6 Å². The van der Waals surface area contributed by atoms with Gasteiger partial charge in [0.2, 0.25) is 6.10 Å². The van der Waals surface area contributed by atoms with E-state index in [1.807, 2.05) is 0 Å². The molecule has 2 bridgehead atoms. The van der Waals surface area contributed by atoms with E-state index in [9.17, 15) is 34.2 Å². The molecule has 3 aromatic rings. The topological polar surface area (TPSA) is 255 Å². The number of aliphatic hydroxyl groups is 2. The Hall–Kier alpha value is -6.51. The predicted octanol–water partition coefficient (Wildman–Crippen LogP) is 5.05. The molecule has 4 fully saturated rings. The molecule has 0 spiro atoms. The number of rotatable bonds is 13. The summed E-state index contributed by atoms with van der Waals surface area (Å²) in [5, 5.41) is 29.0. The number of Topliss-reactive ketones (excluding diaryl/α,β-unsaturated/α-hetero) is 1. The average Bonchev–Trinajstić information content (AvgIpc) is 3.71. The molecular weight excluding hydrogens is 951 g/mol. The summed E-state index contributed by atoms with van der Waals surface area (Å²) in [4.78, 5) is 99.7. The molecule has 5 aliphatic rings. The van der Waals surface area contributed by atoms with Gasteiger partial charge in [-0.25, -0.2) is 14.4 Å². The van der Waals surface area contributed by atoms with E-state index >= 15 is 9.59 Å². The summed E-state index contributed by atoms with van der Waals surface area (Å²) >= 11 is 0. The van der Waals surface area contributed by atoms with Crippen LogP contribution in [0.15, 0.2) is 102 Å². The van der Waals surface area contributed by atoms with Gasteiger partial charge in [0.1, 0.15) is 42.7 Å². The molecule has 2 heterocycles. The number of amides is 1. The summed E-state index contributed by atoms with van der Waals surface area (Å²) in [6, 6.07) is 22.5. The van der Waals surface area contributed by atoms with Gasteiger partial charge in [0.25, 0.3) is 5.91 Å². The number of hydrogen-bond acceptors (Lipinski definition) is 18. The number of benzene rings is 3. The minimum absolute atomic E-state index is 0.0360. The Labute approximate surface area is 421 Å². The zero-order valence-corrected chi connectivity index (χ0v) is 41.8. The van der Waals surface area contributed by atoms with Crippen LogP contribution in [-0.2, 0) is 61.8 Å². The van der Waals surface area contributed by atoms with Crippen LogP contribution in [0.3, 0.4) is 0 Å². The van der Waals surface area contributed by atoms with Crippen molar-refractivity contribution >= 4 is 41.7 Å². The van der Waals surface area contributed by atoms with Gasteiger partial charge in [0.05, 0.1) is 36.2 Å². The van der Waals surface area contributed by atoms with Crippen LogP contribution < -0.4 is 5.32 Å². The number of carbonyl (C=O) groups is 7. The van der Waals surface area contributed by atoms with E-state index in [-0.39, 0.29) is 54.1 Å². The van der Waals surface area contributed by atoms with Crippen LogP contribution in [0.25, 0.3) is 0 Å². The first-order valence-electron chi connectivity index (χ1n) is 24.1. The summed E-state index contributed by atoms with van der Waals surface area (Å²) in [6.07, 6.45) is -13.1. The molecule has 19 heteroatoms. The van der Waals surface area contributed by atoms with Crippen LogP contribution in [0.1, 0.15) is 101 Å². The van der Waals surface area contributed by atoms with Crippen molar-refractivity contribution in [1.29, 1.82) is 0 Å². The van der Waals surface area contributed by atoms with Crippen LogP contribution >= 0.6 is 0 Å². The van der Waals surface area contributed by atoms with Crippen molar-refractivity contribution in [3.05, 3.63) is 119 Å². The van der Waals surface area contributed by atoms with Crippen LogP contribution in [0.4, 0.5) is 4.79 Å². The van der Waals surface area contributed by atoms with Crippen molar-refractivity contribution in [2.45, 2.75) is 134 Å². The van der Waals surface area contributed by atoms with Gasteiger partial charge in [-0.15, -0.1) is 0 Å². The molecule has 3 aromatic carbocycles. The molecule has 1 amide bonds. The Morgan fingerprint density at radius 3 is 2.00 bits per heavy atom. The summed E-state index contributed by atoms with van der Waals surface area (Å²) in [7, 11) is 0. The maximum absolute atomic E-state index is 15.7. The Bertz CT molecular complexity index is 2660. The smallest absolute Gasteiger partial charge is 0.455 e. The van der Waals surface area contributed by atoms with E-state index in [0.717, 1.165) is 13.8 Å². The highest BCUT2D eigenvalue weighted by molar-refractivity contribution is 5.96. The molecule has 12 atom stereocenters. The molecule has 0 radical (unpaired) electrons. The van der Waals surface area contributed by atoms with Crippen molar-refractivity contribution in [1.82, 2.24) is 5.32 Å². The monoisotopic (exact) mass is 1010 g/mol. The molecule has 2 saturated carbocycles. The van der Waals surface area contributed by atoms with E-state index in [1.165, 1.54) is 38.1 Å². The summed E-state index contributed by atoms with van der Waals surface area (Å²) in [5.74, 6) is -8.14. The highest BCUT2D eigenvalue weighted by atomic mass is 16.8. The third-order valence-electron chi connectivity index (χ3n) is 15.1. The molecule has 0 aromatic heterocycles. The molecule has 3 aliphatic carbocycles. The number of aliphatic hydroxyl groups excluding tert-OH is 1. The van der Waals surface area contributed by atoms with E-state index in [2.05, 4.69) is 5.32 Å². The number of carbonyl (C=O) groups excluding carboxylic acids is 7. The van der Waals surface area contributed by atoms with E-state index in [4.69, 9.17) is 42.6 Å². The normalized spacial score (nSPS) is 31.5. The minimum atomic E-state index is -2.49. The third kappa shape index (κ3) is 9.76. The first-order chi connectivity index (χ1) is 34.4. The van der Waals surface area contributed by atoms with Gasteiger partial charge in [-0.05, 0) is 68.7 Å². The number of fused-ring (bicyclic) bond motifs is 5. The highest BCUT2D eigenvalue weighted by Crippen LogP contribution is 2.64. The van der Waals surface area contributed by atoms with E-state index in [0.29, 0.717) is 0 Å². The van der Waals surface area contributed by atoms with Crippen LogP contribution in [-0.4, -0.2) is 131 Å². The van der Waals surface area contributed by atoms with E-state index in [1.54, 1.807) is 94.4 Å². The Kier molecular flexibility index (Phi) is 14.5. The van der Waals surface area contributed by atoms with E-state index < -0.39 is 131 Å². The van der Waals surface area contributed by atoms with Gasteiger partial charge in [0, 0.05) is 37.7 Å². The third-order valence-corrected chi connectivity index (χ3v) is 15.1. The molecule has 8 rings (SSSR count). The Morgan fingerprint density at radius 2 is 1.44 bits per heavy atom. The molecule has 2 saturated heterocycles. The summed E-state index contributed by atoms with van der Waals surface area (Å²) in [5.41, 5.74) is -7.61. The first-order valence-corrected chi connectivity index (χ1v) is 24.1. The fourth-order valence-corrected chi connectivity index (χ4v) is 11.4. The maximum Gasteiger partial charge on any atom is 0.509 e. The van der Waals surface area contributed by atoms with Crippen molar-refractivity contribution in [3.8, 4) is 0 Å². The Balaban J connectivity index is 1.27. The second kappa shape index (κ2) is 20.1. The molecule has 0 unspecified atom stereocenters. The molecular formula is C54H61NO18. The number of nitrogens with one attached hydrogen (secondary N) is 1. The lowest BCUT2D eigenvalue weighted by molar-refractivity contribution is -0.346. The van der Waals surface area contributed by atoms with Crippen molar-refractivity contribution in [2.75, 3.05) is 19.8 Å². The number of esters is 4. The van der Waals surface area contributed by atoms with Gasteiger partial charge >= 0.3 is 30.0 Å². The second-order valence-corrected chi connectivity index (χ2v) is 20.5. The quantitative estimate of drug-likeness (QED) is 0.115. The lowest BCUT2D eigenvalue weighted by Crippen LogP contribution is -2.82. The summed E-state index contributed by atoms with van der Waals surface area (Å²) in [6.45, 7) is 10.9. The molecule has 73 heavy (non-hydrogen) atoms. The van der Waals surface area contributed by atoms with Crippen molar-refractivity contribution < 1.29 is 86.4 Å². The molecule has 3 N–H and O–H groups in total.